The van der Waals surface area contributed by atoms with Gasteiger partial charge in [0, 0.05) is 38.3 Å². The normalized spacial score (nSPS) is 14.4. The number of benzene rings is 3. The van der Waals surface area contributed by atoms with Crippen molar-refractivity contribution in [2.24, 2.45) is 0 Å². The fourth-order valence-electron chi connectivity index (χ4n) is 4.66. The number of carbonyl (C=O) groups is 1. The molecule has 0 aliphatic carbocycles. The molecule has 5 rings (SSSR count). The average Bonchev–Trinajstić information content (AvgIpc) is 3.37. The summed E-state index contributed by atoms with van der Waals surface area (Å²) in [4.78, 5) is 18.1. The summed E-state index contributed by atoms with van der Waals surface area (Å²) in [7, 11) is 0. The first-order chi connectivity index (χ1) is 18.0. The first-order valence-corrected chi connectivity index (χ1v) is 13.0. The van der Waals surface area contributed by atoms with Crippen LogP contribution in [-0.2, 0) is 0 Å². The van der Waals surface area contributed by atoms with Crippen molar-refractivity contribution in [1.29, 1.82) is 0 Å². The predicted octanol–water partition coefficient (Wildman–Crippen LogP) is 5.94. The first-order valence-electron chi connectivity index (χ1n) is 13.0. The van der Waals surface area contributed by atoms with E-state index in [1.807, 2.05) is 29.2 Å². The lowest BCUT2D eigenvalue weighted by Gasteiger charge is -2.34. The molecule has 188 valence electrons. The Balaban J connectivity index is 1.34. The first kappa shape index (κ1) is 24.7. The van der Waals surface area contributed by atoms with Gasteiger partial charge in [0.2, 0.25) is 0 Å². The third-order valence-corrected chi connectivity index (χ3v) is 7.14. The van der Waals surface area contributed by atoms with Crippen LogP contribution >= 0.6 is 0 Å². The van der Waals surface area contributed by atoms with E-state index in [0.717, 1.165) is 36.6 Å². The van der Waals surface area contributed by atoms with Crippen LogP contribution in [0.15, 0.2) is 84.9 Å². The van der Waals surface area contributed by atoms with Crippen LogP contribution in [0.1, 0.15) is 32.7 Å². The second-order valence-corrected chi connectivity index (χ2v) is 9.87. The molecule has 0 bridgehead atoms. The number of piperazine rings is 1. The molecule has 1 fully saturated rings. The van der Waals surface area contributed by atoms with Gasteiger partial charge in [0.1, 0.15) is 5.69 Å². The second-order valence-electron chi connectivity index (χ2n) is 9.87. The van der Waals surface area contributed by atoms with Crippen molar-refractivity contribution in [2.75, 3.05) is 32.7 Å². The van der Waals surface area contributed by atoms with Crippen LogP contribution < -0.4 is 0 Å². The van der Waals surface area contributed by atoms with Crippen LogP contribution in [0.5, 0.6) is 0 Å². The minimum absolute atomic E-state index is 0.0302. The van der Waals surface area contributed by atoms with Crippen LogP contribution in [0.4, 0.5) is 0 Å². The lowest BCUT2D eigenvalue weighted by Crippen LogP contribution is -2.49. The average molecular weight is 491 g/mol. The van der Waals surface area contributed by atoms with Crippen LogP contribution in [0, 0.1) is 20.8 Å². The molecule has 1 aliphatic heterocycles. The zero-order chi connectivity index (χ0) is 25.8. The van der Waals surface area contributed by atoms with Gasteiger partial charge in [-0.15, -0.1) is 0 Å². The Hall–Kier alpha value is -3.96. The van der Waals surface area contributed by atoms with Crippen molar-refractivity contribution in [2.45, 2.75) is 20.8 Å². The van der Waals surface area contributed by atoms with Gasteiger partial charge in [0.15, 0.2) is 0 Å². The van der Waals surface area contributed by atoms with Gasteiger partial charge < -0.3 is 4.90 Å². The molecule has 0 spiro atoms. The summed E-state index contributed by atoms with van der Waals surface area (Å²) >= 11 is 0. The van der Waals surface area contributed by atoms with Crippen molar-refractivity contribution in [1.82, 2.24) is 19.6 Å². The molecule has 1 aromatic heterocycles. The maximum Gasteiger partial charge on any atom is 0.272 e. The highest BCUT2D eigenvalue weighted by molar-refractivity contribution is 5.94. The minimum atomic E-state index is 0.0302. The number of aromatic nitrogens is 2. The summed E-state index contributed by atoms with van der Waals surface area (Å²) in [5.41, 5.74) is 8.19. The molecule has 1 amide bonds. The van der Waals surface area contributed by atoms with Gasteiger partial charge in [-0.1, -0.05) is 72.3 Å². The van der Waals surface area contributed by atoms with Gasteiger partial charge in [-0.3, -0.25) is 9.69 Å². The number of carbonyl (C=O) groups excluding carboxylic acids is 1. The number of hydrogen-bond donors (Lipinski definition) is 0. The zero-order valence-corrected chi connectivity index (χ0v) is 21.9. The Kier molecular flexibility index (Phi) is 7.33. The van der Waals surface area contributed by atoms with E-state index in [0.29, 0.717) is 18.8 Å². The highest BCUT2D eigenvalue weighted by Gasteiger charge is 2.26. The lowest BCUT2D eigenvalue weighted by molar-refractivity contribution is 0.0641. The topological polar surface area (TPSA) is 41.4 Å². The van der Waals surface area contributed by atoms with E-state index < -0.39 is 0 Å². The summed E-state index contributed by atoms with van der Waals surface area (Å²) in [6.45, 7) is 10.3. The third kappa shape index (κ3) is 5.73. The number of rotatable bonds is 6. The number of hydrogen-bond acceptors (Lipinski definition) is 3. The van der Waals surface area contributed by atoms with Crippen molar-refractivity contribution < 1.29 is 4.79 Å². The quantitative estimate of drug-likeness (QED) is 0.336. The summed E-state index contributed by atoms with van der Waals surface area (Å²) in [5.74, 6) is 0.0302. The van der Waals surface area contributed by atoms with Crippen LogP contribution in [0.25, 0.3) is 23.0 Å². The van der Waals surface area contributed by atoms with E-state index >= 15 is 0 Å². The van der Waals surface area contributed by atoms with Crippen molar-refractivity contribution in [3.05, 3.63) is 113 Å². The fraction of sp³-hybridized carbons (Fsp3) is 0.250. The van der Waals surface area contributed by atoms with E-state index in [2.05, 4.69) is 92.4 Å². The lowest BCUT2D eigenvalue weighted by atomic mass is 10.0. The molecule has 3 aromatic carbocycles. The Morgan fingerprint density at radius 2 is 1.57 bits per heavy atom. The van der Waals surface area contributed by atoms with E-state index in [1.165, 1.54) is 22.3 Å². The smallest absolute Gasteiger partial charge is 0.272 e. The van der Waals surface area contributed by atoms with Crippen molar-refractivity contribution in [3.63, 3.8) is 0 Å². The summed E-state index contributed by atoms with van der Waals surface area (Å²) < 4.78 is 1.81. The summed E-state index contributed by atoms with van der Waals surface area (Å²) in [5, 5.41) is 4.90. The molecule has 0 unspecified atom stereocenters. The third-order valence-electron chi connectivity index (χ3n) is 7.14. The Morgan fingerprint density at radius 3 is 2.27 bits per heavy atom. The Morgan fingerprint density at radius 1 is 0.838 bits per heavy atom. The molecule has 5 nitrogen and oxygen atoms in total. The maximum atomic E-state index is 13.8. The largest absolute Gasteiger partial charge is 0.335 e. The van der Waals surface area contributed by atoms with Gasteiger partial charge >= 0.3 is 0 Å². The van der Waals surface area contributed by atoms with Gasteiger partial charge in [-0.2, -0.15) is 5.10 Å². The summed E-state index contributed by atoms with van der Waals surface area (Å²) in [6, 6.07) is 26.8. The van der Waals surface area contributed by atoms with Gasteiger partial charge in [0.05, 0.1) is 11.4 Å². The van der Waals surface area contributed by atoms with Gasteiger partial charge in [-0.25, -0.2) is 4.68 Å². The molecule has 4 aromatic rings. The number of nitrogens with zero attached hydrogens (tertiary/aromatic N) is 4. The van der Waals surface area contributed by atoms with Crippen molar-refractivity contribution in [3.8, 4) is 16.9 Å². The molecule has 0 radical (unpaired) electrons. The monoisotopic (exact) mass is 490 g/mol. The molecule has 0 saturated carbocycles. The highest BCUT2D eigenvalue weighted by atomic mass is 16.2. The molecular weight excluding hydrogens is 456 g/mol. The van der Waals surface area contributed by atoms with E-state index in [-0.39, 0.29) is 5.91 Å². The van der Waals surface area contributed by atoms with E-state index in [9.17, 15) is 4.79 Å². The standard InChI is InChI=1S/C32H34N4O/c1-24-11-15-29(16-12-24)36-31(23-30(33-36)28-14-13-25(2)26(3)22-28)32(37)35-20-18-34(19-21-35)17-7-10-27-8-5-4-6-9-27/h4-16,22-23H,17-21H2,1-3H3/b10-7+. The van der Waals surface area contributed by atoms with Gasteiger partial charge in [-0.05, 0) is 61.7 Å². The molecule has 5 heteroatoms. The van der Waals surface area contributed by atoms with E-state index in [1.54, 1.807) is 4.68 Å². The van der Waals surface area contributed by atoms with Crippen LogP contribution in [-0.4, -0.2) is 58.2 Å². The van der Waals surface area contributed by atoms with Crippen LogP contribution in [0.2, 0.25) is 0 Å². The minimum Gasteiger partial charge on any atom is -0.335 e. The van der Waals surface area contributed by atoms with E-state index in [4.69, 9.17) is 5.10 Å². The second kappa shape index (κ2) is 11.0. The molecule has 0 atom stereocenters. The molecule has 1 aliphatic rings. The van der Waals surface area contributed by atoms with Gasteiger partial charge in [0.25, 0.3) is 5.91 Å². The maximum absolute atomic E-state index is 13.8. The van der Waals surface area contributed by atoms with Crippen LogP contribution in [0.3, 0.4) is 0 Å². The molecule has 37 heavy (non-hydrogen) atoms. The molecule has 1 saturated heterocycles. The Bertz CT molecular complexity index is 1390. The number of aryl methyl sites for hydroxylation is 3. The molecule has 0 N–H and O–H groups in total. The Labute approximate surface area is 219 Å². The highest BCUT2D eigenvalue weighted by Crippen LogP contribution is 2.25. The number of amides is 1. The van der Waals surface area contributed by atoms with Crippen molar-refractivity contribution >= 4 is 12.0 Å². The summed E-state index contributed by atoms with van der Waals surface area (Å²) in [6.07, 6.45) is 4.36. The molecular formula is C32H34N4O. The predicted molar refractivity (Wildman–Crippen MR) is 151 cm³/mol. The SMILES string of the molecule is Cc1ccc(-n2nc(-c3ccc(C)c(C)c3)cc2C(=O)N2CCN(C/C=C/c3ccccc3)CC2)cc1. The molecule has 2 heterocycles. The fourth-order valence-corrected chi connectivity index (χ4v) is 4.66. The zero-order valence-electron chi connectivity index (χ0n) is 21.9.